The molecule has 0 fully saturated rings. The SMILES string of the molecule is CCCCCCCCC=CCCCCCCCC(=O)OC(C)OCCOC(=O)c1ccccc1. The first-order valence-corrected chi connectivity index (χ1v) is 13.3. The van der Waals surface area contributed by atoms with Crippen LogP contribution in [0.4, 0.5) is 0 Å². The summed E-state index contributed by atoms with van der Waals surface area (Å²) in [6, 6.07) is 8.80. The Morgan fingerprint density at radius 2 is 1.38 bits per heavy atom. The molecule has 0 radical (unpaired) electrons. The van der Waals surface area contributed by atoms with Crippen LogP contribution in [0.15, 0.2) is 42.5 Å². The van der Waals surface area contributed by atoms with Crippen molar-refractivity contribution in [3.63, 3.8) is 0 Å². The molecule has 5 heteroatoms. The molecule has 1 unspecified atom stereocenters. The molecule has 5 nitrogen and oxygen atoms in total. The Morgan fingerprint density at radius 1 is 0.794 bits per heavy atom. The predicted octanol–water partition coefficient (Wildman–Crippen LogP) is 7.79. The maximum atomic E-state index is 11.9. The van der Waals surface area contributed by atoms with Crippen molar-refractivity contribution in [1.82, 2.24) is 0 Å². The quantitative estimate of drug-likeness (QED) is 0.0787. The molecule has 0 saturated heterocycles. The van der Waals surface area contributed by atoms with Crippen molar-refractivity contribution in [2.24, 2.45) is 0 Å². The van der Waals surface area contributed by atoms with Crippen molar-refractivity contribution in [3.8, 4) is 0 Å². The summed E-state index contributed by atoms with van der Waals surface area (Å²) in [7, 11) is 0. The molecule has 1 aromatic rings. The zero-order valence-electron chi connectivity index (χ0n) is 21.5. The lowest BCUT2D eigenvalue weighted by Gasteiger charge is -2.14. The van der Waals surface area contributed by atoms with Crippen LogP contribution in [0.25, 0.3) is 0 Å². The highest BCUT2D eigenvalue weighted by Gasteiger charge is 2.10. The molecule has 192 valence electrons. The van der Waals surface area contributed by atoms with Gasteiger partial charge in [0.15, 0.2) is 6.29 Å². The summed E-state index contributed by atoms with van der Waals surface area (Å²) >= 11 is 0. The van der Waals surface area contributed by atoms with E-state index >= 15 is 0 Å². The average Bonchev–Trinajstić information content (AvgIpc) is 2.84. The number of rotatable bonds is 21. The minimum absolute atomic E-state index is 0.115. The van der Waals surface area contributed by atoms with Gasteiger partial charge in [-0.15, -0.1) is 0 Å². The van der Waals surface area contributed by atoms with Crippen molar-refractivity contribution < 1.29 is 23.8 Å². The number of hydrogen-bond donors (Lipinski definition) is 0. The highest BCUT2D eigenvalue weighted by Crippen LogP contribution is 2.11. The van der Waals surface area contributed by atoms with Crippen LogP contribution in [0.5, 0.6) is 0 Å². The van der Waals surface area contributed by atoms with Crippen LogP contribution in [-0.2, 0) is 19.0 Å². The highest BCUT2D eigenvalue weighted by molar-refractivity contribution is 5.89. The predicted molar refractivity (Wildman–Crippen MR) is 138 cm³/mol. The Labute approximate surface area is 207 Å². The first-order valence-electron chi connectivity index (χ1n) is 13.3. The van der Waals surface area contributed by atoms with Gasteiger partial charge in [0.1, 0.15) is 6.61 Å². The van der Waals surface area contributed by atoms with Gasteiger partial charge < -0.3 is 14.2 Å². The monoisotopic (exact) mass is 474 g/mol. The number of allylic oxidation sites excluding steroid dienone is 2. The summed E-state index contributed by atoms with van der Waals surface area (Å²) in [6.07, 6.45) is 20.4. The number of hydrogen-bond acceptors (Lipinski definition) is 5. The first kappa shape index (κ1) is 29.9. The van der Waals surface area contributed by atoms with E-state index in [1.54, 1.807) is 31.2 Å². The second-order valence-electron chi connectivity index (χ2n) is 8.76. The van der Waals surface area contributed by atoms with Crippen molar-refractivity contribution in [2.45, 2.75) is 110 Å². The third-order valence-corrected chi connectivity index (χ3v) is 5.62. The van der Waals surface area contributed by atoms with Gasteiger partial charge in [-0.05, 0) is 51.2 Å². The smallest absolute Gasteiger partial charge is 0.338 e. The largest absolute Gasteiger partial charge is 0.460 e. The molecule has 1 atom stereocenters. The Bertz CT molecular complexity index is 656. The van der Waals surface area contributed by atoms with E-state index in [2.05, 4.69) is 19.1 Å². The molecule has 0 spiro atoms. The maximum Gasteiger partial charge on any atom is 0.338 e. The van der Waals surface area contributed by atoms with Crippen molar-refractivity contribution in [2.75, 3.05) is 13.2 Å². The minimum atomic E-state index is -0.647. The van der Waals surface area contributed by atoms with E-state index in [1.165, 1.54) is 57.8 Å². The first-order chi connectivity index (χ1) is 16.6. The lowest BCUT2D eigenvalue weighted by molar-refractivity contribution is -0.176. The second kappa shape index (κ2) is 21.4. The molecule has 0 saturated carbocycles. The zero-order valence-corrected chi connectivity index (χ0v) is 21.5. The summed E-state index contributed by atoms with van der Waals surface area (Å²) in [5.41, 5.74) is 0.502. The summed E-state index contributed by atoms with van der Waals surface area (Å²) in [6.45, 7) is 4.23. The maximum absolute atomic E-state index is 11.9. The Hall–Kier alpha value is -2.14. The Morgan fingerprint density at radius 3 is 2.03 bits per heavy atom. The third kappa shape index (κ3) is 17.4. The van der Waals surface area contributed by atoms with Crippen LogP contribution in [0.2, 0.25) is 0 Å². The molecule has 34 heavy (non-hydrogen) atoms. The number of benzene rings is 1. The van der Waals surface area contributed by atoms with E-state index in [1.807, 2.05) is 6.07 Å². The van der Waals surface area contributed by atoms with Crippen LogP contribution in [-0.4, -0.2) is 31.4 Å². The number of esters is 2. The molecule has 0 bridgehead atoms. The second-order valence-corrected chi connectivity index (χ2v) is 8.76. The Kier molecular flexibility index (Phi) is 18.8. The molecular weight excluding hydrogens is 428 g/mol. The van der Waals surface area contributed by atoms with E-state index in [0.717, 1.165) is 25.7 Å². The summed E-state index contributed by atoms with van der Waals surface area (Å²) in [5.74, 6) is -0.635. The zero-order chi connectivity index (χ0) is 24.7. The van der Waals surface area contributed by atoms with Crippen molar-refractivity contribution >= 4 is 11.9 Å². The van der Waals surface area contributed by atoms with Crippen LogP contribution >= 0.6 is 0 Å². The number of carbonyl (C=O) groups is 2. The molecular formula is C29H46O5. The van der Waals surface area contributed by atoms with E-state index in [0.29, 0.717) is 12.0 Å². The fourth-order valence-corrected chi connectivity index (χ4v) is 3.62. The summed E-state index contributed by atoms with van der Waals surface area (Å²) in [5, 5.41) is 0. The van der Waals surface area contributed by atoms with Gasteiger partial charge in [-0.2, -0.15) is 0 Å². The minimum Gasteiger partial charge on any atom is -0.460 e. The summed E-state index contributed by atoms with van der Waals surface area (Å²) in [4.78, 5) is 23.7. The fraction of sp³-hybridized carbons (Fsp3) is 0.655. The van der Waals surface area contributed by atoms with Gasteiger partial charge in [-0.3, -0.25) is 4.79 Å². The van der Waals surface area contributed by atoms with Crippen LogP contribution in [0.1, 0.15) is 114 Å². The topological polar surface area (TPSA) is 61.8 Å². The molecule has 0 aromatic heterocycles. The van der Waals surface area contributed by atoms with Gasteiger partial charge in [0.25, 0.3) is 0 Å². The van der Waals surface area contributed by atoms with E-state index in [4.69, 9.17) is 14.2 Å². The van der Waals surface area contributed by atoms with Gasteiger partial charge in [-0.25, -0.2) is 4.79 Å². The number of carbonyl (C=O) groups excluding carboxylic acids is 2. The summed E-state index contributed by atoms with van der Waals surface area (Å²) < 4.78 is 15.8. The standard InChI is InChI=1S/C29H46O5/c1-3-4-5-6-7-8-9-10-11-12-13-14-15-16-20-23-28(30)34-26(2)32-24-25-33-29(31)27-21-18-17-19-22-27/h10-11,17-19,21-22,26H,3-9,12-16,20,23-25H2,1-2H3. The van der Waals surface area contributed by atoms with Crippen molar-refractivity contribution in [3.05, 3.63) is 48.0 Å². The van der Waals surface area contributed by atoms with Gasteiger partial charge in [0, 0.05) is 6.42 Å². The van der Waals surface area contributed by atoms with E-state index < -0.39 is 12.3 Å². The van der Waals surface area contributed by atoms with Gasteiger partial charge in [-0.1, -0.05) is 88.6 Å². The molecule has 0 aliphatic rings. The average molecular weight is 475 g/mol. The number of ether oxygens (including phenoxy) is 3. The fourth-order valence-electron chi connectivity index (χ4n) is 3.62. The van der Waals surface area contributed by atoms with E-state index in [-0.39, 0.29) is 19.2 Å². The van der Waals surface area contributed by atoms with Crippen molar-refractivity contribution in [1.29, 1.82) is 0 Å². The van der Waals surface area contributed by atoms with Crippen LogP contribution in [0.3, 0.4) is 0 Å². The molecule has 1 rings (SSSR count). The molecule has 0 heterocycles. The van der Waals surface area contributed by atoms with E-state index in [9.17, 15) is 9.59 Å². The van der Waals surface area contributed by atoms with Gasteiger partial charge >= 0.3 is 11.9 Å². The third-order valence-electron chi connectivity index (χ3n) is 5.62. The molecule has 0 aliphatic carbocycles. The van der Waals surface area contributed by atoms with Gasteiger partial charge in [0.2, 0.25) is 0 Å². The normalized spacial score (nSPS) is 12.1. The van der Waals surface area contributed by atoms with Crippen LogP contribution < -0.4 is 0 Å². The number of unbranched alkanes of at least 4 members (excludes halogenated alkanes) is 11. The molecule has 0 amide bonds. The molecule has 0 aliphatic heterocycles. The van der Waals surface area contributed by atoms with Crippen LogP contribution in [0, 0.1) is 0 Å². The lowest BCUT2D eigenvalue weighted by atomic mass is 10.1. The Balaban J connectivity index is 1.89. The molecule has 1 aromatic carbocycles. The lowest BCUT2D eigenvalue weighted by Crippen LogP contribution is -2.21. The van der Waals surface area contributed by atoms with Gasteiger partial charge in [0.05, 0.1) is 12.2 Å². The highest BCUT2D eigenvalue weighted by atomic mass is 16.7. The molecule has 0 N–H and O–H groups in total.